The fraction of sp³-hybridized carbons (Fsp3) is 0.150. The molecule has 2 aromatic carbocycles. The van der Waals surface area contributed by atoms with Crippen molar-refractivity contribution in [3.63, 3.8) is 0 Å². The summed E-state index contributed by atoms with van der Waals surface area (Å²) in [5, 5.41) is 3.40. The fourth-order valence-corrected chi connectivity index (χ4v) is 2.95. The standard InChI is InChI=1S/C20H19ClN2O2/c1-25-19-10-9-16(14-17(19)21)22-20(24)18(23-11-5-6-12-23)13-15-7-3-2-4-8-15/h2-12,14,18H,13H2,1H3,(H,22,24)/t18-/m0/s1. The Balaban J connectivity index is 1.81. The number of hydrogen-bond acceptors (Lipinski definition) is 2. The average Bonchev–Trinajstić information content (AvgIpc) is 3.15. The van der Waals surface area contributed by atoms with Crippen LogP contribution in [-0.2, 0) is 11.2 Å². The molecule has 1 amide bonds. The highest BCUT2D eigenvalue weighted by Gasteiger charge is 2.20. The van der Waals surface area contributed by atoms with Crippen molar-refractivity contribution in [1.29, 1.82) is 0 Å². The molecule has 25 heavy (non-hydrogen) atoms. The maximum absolute atomic E-state index is 12.9. The third-order valence-corrected chi connectivity index (χ3v) is 4.28. The molecular formula is C20H19ClN2O2. The number of carbonyl (C=O) groups excluding carboxylic acids is 1. The molecule has 0 saturated carbocycles. The van der Waals surface area contributed by atoms with Gasteiger partial charge in [0.15, 0.2) is 0 Å². The van der Waals surface area contributed by atoms with E-state index in [-0.39, 0.29) is 11.9 Å². The summed E-state index contributed by atoms with van der Waals surface area (Å²) in [6.07, 6.45) is 4.40. The van der Waals surface area contributed by atoms with Crippen molar-refractivity contribution in [2.24, 2.45) is 0 Å². The third kappa shape index (κ3) is 4.22. The summed E-state index contributed by atoms with van der Waals surface area (Å²) >= 11 is 6.14. The van der Waals surface area contributed by atoms with Crippen molar-refractivity contribution in [2.75, 3.05) is 12.4 Å². The zero-order valence-electron chi connectivity index (χ0n) is 13.9. The van der Waals surface area contributed by atoms with Crippen LogP contribution in [0.3, 0.4) is 0 Å². The van der Waals surface area contributed by atoms with E-state index in [9.17, 15) is 4.79 Å². The second-order valence-electron chi connectivity index (χ2n) is 5.67. The Kier molecular flexibility index (Phi) is 5.41. The minimum Gasteiger partial charge on any atom is -0.495 e. The molecule has 0 fully saturated rings. The predicted octanol–water partition coefficient (Wildman–Crippen LogP) is 4.57. The maximum atomic E-state index is 12.9. The van der Waals surface area contributed by atoms with Crippen LogP contribution in [0.15, 0.2) is 73.1 Å². The summed E-state index contributed by atoms with van der Waals surface area (Å²) < 4.78 is 7.05. The lowest BCUT2D eigenvalue weighted by Gasteiger charge is -2.19. The number of aromatic nitrogens is 1. The Bertz CT molecular complexity index is 832. The second-order valence-corrected chi connectivity index (χ2v) is 6.08. The van der Waals surface area contributed by atoms with Crippen LogP contribution in [0.1, 0.15) is 11.6 Å². The number of ether oxygens (including phenoxy) is 1. The van der Waals surface area contributed by atoms with Crippen LogP contribution in [0.2, 0.25) is 5.02 Å². The molecule has 4 nitrogen and oxygen atoms in total. The number of rotatable bonds is 6. The normalized spacial score (nSPS) is 11.8. The monoisotopic (exact) mass is 354 g/mol. The molecule has 0 aliphatic carbocycles. The summed E-state index contributed by atoms with van der Waals surface area (Å²) in [6, 6.07) is 18.6. The molecule has 1 N–H and O–H groups in total. The Labute approximate surface area is 152 Å². The zero-order chi connectivity index (χ0) is 17.6. The fourth-order valence-electron chi connectivity index (χ4n) is 2.70. The molecule has 0 spiro atoms. The molecule has 0 radical (unpaired) electrons. The van der Waals surface area contributed by atoms with E-state index < -0.39 is 0 Å². The van der Waals surface area contributed by atoms with E-state index >= 15 is 0 Å². The molecular weight excluding hydrogens is 336 g/mol. The topological polar surface area (TPSA) is 43.3 Å². The van der Waals surface area contributed by atoms with Gasteiger partial charge in [-0.05, 0) is 35.9 Å². The zero-order valence-corrected chi connectivity index (χ0v) is 14.6. The molecule has 3 aromatic rings. The van der Waals surface area contributed by atoms with E-state index in [1.165, 1.54) is 0 Å². The van der Waals surface area contributed by atoms with Crippen molar-refractivity contribution in [1.82, 2.24) is 4.57 Å². The van der Waals surface area contributed by atoms with E-state index in [1.807, 2.05) is 59.4 Å². The van der Waals surface area contributed by atoms with Crippen LogP contribution in [-0.4, -0.2) is 17.6 Å². The van der Waals surface area contributed by atoms with Gasteiger partial charge in [0.1, 0.15) is 11.8 Å². The number of anilines is 1. The van der Waals surface area contributed by atoms with Gasteiger partial charge in [0.25, 0.3) is 0 Å². The first kappa shape index (κ1) is 17.1. The number of nitrogens with one attached hydrogen (secondary N) is 1. The van der Waals surface area contributed by atoms with Crippen LogP contribution in [0.5, 0.6) is 5.75 Å². The van der Waals surface area contributed by atoms with Crippen molar-refractivity contribution in [3.8, 4) is 5.75 Å². The van der Waals surface area contributed by atoms with Gasteiger partial charge in [-0.3, -0.25) is 4.79 Å². The van der Waals surface area contributed by atoms with Crippen LogP contribution in [0.4, 0.5) is 5.69 Å². The molecule has 3 rings (SSSR count). The largest absolute Gasteiger partial charge is 0.495 e. The highest BCUT2D eigenvalue weighted by atomic mass is 35.5. The number of nitrogens with zero attached hydrogens (tertiary/aromatic N) is 1. The van der Waals surface area contributed by atoms with Gasteiger partial charge >= 0.3 is 0 Å². The number of hydrogen-bond donors (Lipinski definition) is 1. The average molecular weight is 355 g/mol. The Morgan fingerprint density at radius 1 is 1.12 bits per heavy atom. The van der Waals surface area contributed by atoms with Gasteiger partial charge < -0.3 is 14.6 Å². The molecule has 5 heteroatoms. The quantitative estimate of drug-likeness (QED) is 0.704. The molecule has 0 aliphatic rings. The second kappa shape index (κ2) is 7.90. The Morgan fingerprint density at radius 3 is 2.48 bits per heavy atom. The van der Waals surface area contributed by atoms with Crippen LogP contribution in [0, 0.1) is 0 Å². The van der Waals surface area contributed by atoms with E-state index in [1.54, 1.807) is 25.3 Å². The number of halogens is 1. The van der Waals surface area contributed by atoms with Crippen molar-refractivity contribution in [3.05, 3.63) is 83.6 Å². The maximum Gasteiger partial charge on any atom is 0.247 e. The van der Waals surface area contributed by atoms with Crippen LogP contribution in [0.25, 0.3) is 0 Å². The number of benzene rings is 2. The molecule has 128 valence electrons. The SMILES string of the molecule is COc1ccc(NC(=O)[C@H](Cc2ccccc2)n2cccc2)cc1Cl. The number of carbonyl (C=O) groups is 1. The molecule has 1 atom stereocenters. The first-order valence-electron chi connectivity index (χ1n) is 7.98. The third-order valence-electron chi connectivity index (χ3n) is 3.98. The van der Waals surface area contributed by atoms with Gasteiger partial charge in [-0.25, -0.2) is 0 Å². The van der Waals surface area contributed by atoms with Gasteiger partial charge in [-0.2, -0.15) is 0 Å². The Hall–Kier alpha value is -2.72. The minimum absolute atomic E-state index is 0.0960. The van der Waals surface area contributed by atoms with Crippen molar-refractivity contribution < 1.29 is 9.53 Å². The van der Waals surface area contributed by atoms with Crippen molar-refractivity contribution >= 4 is 23.2 Å². The Morgan fingerprint density at radius 2 is 1.84 bits per heavy atom. The minimum atomic E-state index is -0.349. The highest BCUT2D eigenvalue weighted by molar-refractivity contribution is 6.32. The lowest BCUT2D eigenvalue weighted by atomic mass is 10.0. The van der Waals surface area contributed by atoms with Gasteiger partial charge in [0, 0.05) is 24.5 Å². The van der Waals surface area contributed by atoms with E-state index in [0.29, 0.717) is 22.9 Å². The van der Waals surface area contributed by atoms with Crippen LogP contribution >= 0.6 is 11.6 Å². The molecule has 1 aromatic heterocycles. The molecule has 0 unspecified atom stereocenters. The highest BCUT2D eigenvalue weighted by Crippen LogP contribution is 2.28. The van der Waals surface area contributed by atoms with Gasteiger partial charge in [0.05, 0.1) is 12.1 Å². The number of methoxy groups -OCH3 is 1. The molecule has 0 bridgehead atoms. The predicted molar refractivity (Wildman–Crippen MR) is 100 cm³/mol. The number of amides is 1. The first-order valence-corrected chi connectivity index (χ1v) is 8.36. The molecule has 1 heterocycles. The summed E-state index contributed by atoms with van der Waals surface area (Å²) in [7, 11) is 1.56. The smallest absolute Gasteiger partial charge is 0.247 e. The van der Waals surface area contributed by atoms with Gasteiger partial charge in [-0.1, -0.05) is 41.9 Å². The van der Waals surface area contributed by atoms with Gasteiger partial charge in [0.2, 0.25) is 5.91 Å². The van der Waals surface area contributed by atoms with E-state index in [4.69, 9.17) is 16.3 Å². The summed E-state index contributed by atoms with van der Waals surface area (Å²) in [4.78, 5) is 12.9. The molecule has 0 saturated heterocycles. The van der Waals surface area contributed by atoms with Crippen LogP contribution < -0.4 is 10.1 Å². The summed E-state index contributed by atoms with van der Waals surface area (Å²) in [6.45, 7) is 0. The van der Waals surface area contributed by atoms with Gasteiger partial charge in [-0.15, -0.1) is 0 Å². The lowest BCUT2D eigenvalue weighted by molar-refractivity contribution is -0.119. The van der Waals surface area contributed by atoms with Crippen molar-refractivity contribution in [2.45, 2.75) is 12.5 Å². The van der Waals surface area contributed by atoms with E-state index in [2.05, 4.69) is 5.32 Å². The summed E-state index contributed by atoms with van der Waals surface area (Å²) in [5.41, 5.74) is 1.74. The first-order chi connectivity index (χ1) is 12.2. The summed E-state index contributed by atoms with van der Waals surface area (Å²) in [5.74, 6) is 0.479. The molecule has 0 aliphatic heterocycles. The van der Waals surface area contributed by atoms with E-state index in [0.717, 1.165) is 5.56 Å². The lowest BCUT2D eigenvalue weighted by Crippen LogP contribution is -2.27.